The Morgan fingerprint density at radius 2 is 1.74 bits per heavy atom. The van der Waals surface area contributed by atoms with Gasteiger partial charge in [0.15, 0.2) is 11.5 Å². The lowest BCUT2D eigenvalue weighted by Gasteiger charge is -2.32. The molecule has 0 spiro atoms. The summed E-state index contributed by atoms with van der Waals surface area (Å²) in [6, 6.07) is 13.0. The van der Waals surface area contributed by atoms with Gasteiger partial charge in [0.25, 0.3) is 0 Å². The normalized spacial score (nSPS) is 21.8. The molecule has 35 heavy (non-hydrogen) atoms. The van der Waals surface area contributed by atoms with Crippen molar-refractivity contribution in [2.24, 2.45) is 5.92 Å². The summed E-state index contributed by atoms with van der Waals surface area (Å²) < 4.78 is 6.33. The van der Waals surface area contributed by atoms with Gasteiger partial charge in [-0.05, 0) is 56.5 Å². The molecule has 6 nitrogen and oxygen atoms in total. The molecule has 1 unspecified atom stereocenters. The van der Waals surface area contributed by atoms with Crippen LogP contribution in [0.15, 0.2) is 65.4 Å². The number of Topliss-reactive ketones (excluding diaryl/α,β-unsaturated/α-hetero) is 2. The van der Waals surface area contributed by atoms with Crippen molar-refractivity contribution in [2.45, 2.75) is 32.8 Å². The maximum atomic E-state index is 13.7. The van der Waals surface area contributed by atoms with Gasteiger partial charge in [-0.3, -0.25) is 9.59 Å². The number of fused-ring (bicyclic) bond motifs is 4. The number of aryl methyl sites for hydroxylation is 1. The second-order valence-electron chi connectivity index (χ2n) is 10.1. The van der Waals surface area contributed by atoms with Crippen LogP contribution >= 0.6 is 0 Å². The zero-order valence-corrected chi connectivity index (χ0v) is 20.2. The third kappa shape index (κ3) is 3.82. The van der Waals surface area contributed by atoms with Crippen LogP contribution in [0.25, 0.3) is 0 Å². The Labute approximate surface area is 205 Å². The first-order valence-corrected chi connectivity index (χ1v) is 12.5. The van der Waals surface area contributed by atoms with Crippen LogP contribution in [0.5, 0.6) is 5.75 Å². The fraction of sp³-hybridized carbons (Fsp3) is 0.345. The Bertz CT molecular complexity index is 1330. The minimum Gasteiger partial charge on any atom is -0.468 e. The highest BCUT2D eigenvalue weighted by Gasteiger charge is 2.46. The number of likely N-dealkylation sites (tertiary alicyclic amines) is 1. The molecule has 178 valence electrons. The van der Waals surface area contributed by atoms with Gasteiger partial charge in [0, 0.05) is 36.0 Å². The molecule has 2 aromatic carbocycles. The Kier molecular flexibility index (Phi) is 5.41. The number of carbonyl (C=O) groups is 2. The van der Waals surface area contributed by atoms with E-state index in [-0.39, 0.29) is 11.6 Å². The molecular weight excluding hydrogens is 438 g/mol. The minimum absolute atomic E-state index is 0.122. The van der Waals surface area contributed by atoms with Crippen LogP contribution < -0.4 is 15.0 Å². The summed E-state index contributed by atoms with van der Waals surface area (Å²) in [7, 11) is 0. The number of allylic oxidation sites excluding steroid dienone is 1. The van der Waals surface area contributed by atoms with E-state index in [0.29, 0.717) is 40.2 Å². The van der Waals surface area contributed by atoms with E-state index in [2.05, 4.69) is 22.1 Å². The predicted octanol–water partition coefficient (Wildman–Crippen LogP) is 2.50. The summed E-state index contributed by atoms with van der Waals surface area (Å²) in [5.41, 5.74) is 4.99. The van der Waals surface area contributed by atoms with Crippen molar-refractivity contribution in [1.82, 2.24) is 10.2 Å². The van der Waals surface area contributed by atoms with E-state index in [1.165, 1.54) is 12.8 Å². The van der Waals surface area contributed by atoms with Gasteiger partial charge in [-0.2, -0.15) is 0 Å². The van der Waals surface area contributed by atoms with E-state index in [4.69, 9.17) is 4.74 Å². The van der Waals surface area contributed by atoms with E-state index in [1.807, 2.05) is 37.3 Å². The van der Waals surface area contributed by atoms with Gasteiger partial charge in [-0.25, -0.2) is 4.99 Å². The number of rotatable bonds is 4. The molecule has 0 amide bonds. The lowest BCUT2D eigenvalue weighted by molar-refractivity contribution is -0.363. The second-order valence-corrected chi connectivity index (χ2v) is 10.1. The maximum absolute atomic E-state index is 13.7. The molecule has 2 heterocycles. The van der Waals surface area contributed by atoms with Crippen LogP contribution in [-0.4, -0.2) is 54.5 Å². The predicted molar refractivity (Wildman–Crippen MR) is 134 cm³/mol. The van der Waals surface area contributed by atoms with Crippen molar-refractivity contribution in [3.8, 4) is 5.75 Å². The molecule has 2 aliphatic carbocycles. The Morgan fingerprint density at radius 3 is 2.49 bits per heavy atom. The monoisotopic (exact) mass is 468 g/mol. The average Bonchev–Trinajstić information content (AvgIpc) is 2.87. The first kappa shape index (κ1) is 22.0. The highest BCUT2D eigenvalue weighted by Crippen LogP contribution is 2.36. The summed E-state index contributed by atoms with van der Waals surface area (Å²) in [6.45, 7) is 8.13. The lowest BCUT2D eigenvalue weighted by Crippen LogP contribution is -2.73. The quantitative estimate of drug-likeness (QED) is 0.722. The summed E-state index contributed by atoms with van der Waals surface area (Å²) in [4.78, 5) is 33.3. The molecule has 6 heteroatoms. The molecule has 0 radical (unpaired) electrons. The molecule has 6 rings (SSSR count). The minimum atomic E-state index is -0.468. The molecule has 2 aliphatic heterocycles. The molecule has 0 aromatic heterocycles. The fourth-order valence-electron chi connectivity index (χ4n) is 5.48. The number of benzene rings is 2. The smallest absolute Gasteiger partial charge is 0.246 e. The van der Waals surface area contributed by atoms with Crippen molar-refractivity contribution in [3.05, 3.63) is 82.1 Å². The number of carbonyl (C=O) groups excluding carboxylic acids is 2. The van der Waals surface area contributed by atoms with Gasteiger partial charge >= 0.3 is 0 Å². The molecule has 1 fully saturated rings. The fourth-order valence-corrected chi connectivity index (χ4v) is 5.48. The highest BCUT2D eigenvalue weighted by molar-refractivity contribution is 6.39. The lowest BCUT2D eigenvalue weighted by atomic mass is 9.76. The van der Waals surface area contributed by atoms with Crippen LogP contribution in [0.4, 0.5) is 5.69 Å². The van der Waals surface area contributed by atoms with E-state index >= 15 is 0 Å². The van der Waals surface area contributed by atoms with Crippen molar-refractivity contribution in [2.75, 3.05) is 26.2 Å². The van der Waals surface area contributed by atoms with Crippen molar-refractivity contribution in [1.29, 1.82) is 0 Å². The number of nitrogens with zero attached hydrogens (tertiary/aromatic N) is 1. The first-order chi connectivity index (χ1) is 17.0. The van der Waals surface area contributed by atoms with Crippen molar-refractivity contribution >= 4 is 23.0 Å². The summed E-state index contributed by atoms with van der Waals surface area (Å²) in [5, 5.41) is 3.49. The average molecular weight is 469 g/mol. The van der Waals surface area contributed by atoms with Crippen LogP contribution in [0.2, 0.25) is 0 Å². The van der Waals surface area contributed by atoms with Crippen LogP contribution in [0, 0.1) is 12.8 Å². The van der Waals surface area contributed by atoms with Gasteiger partial charge in [0.1, 0.15) is 5.57 Å². The number of ketones is 2. The zero-order valence-electron chi connectivity index (χ0n) is 20.2. The Hall–Kier alpha value is -3.51. The molecule has 1 atom stereocenters. The van der Waals surface area contributed by atoms with Gasteiger partial charge in [0.2, 0.25) is 23.3 Å². The molecule has 1 saturated heterocycles. The molecule has 0 saturated carbocycles. The summed E-state index contributed by atoms with van der Waals surface area (Å²) in [5.74, 6) is 1.26. The molecule has 4 aliphatic rings. The molecule has 0 bridgehead atoms. The van der Waals surface area contributed by atoms with Crippen molar-refractivity contribution in [3.63, 3.8) is 0 Å². The number of nitrogens with one attached hydrogen (secondary N) is 2. The number of hydrogen-bond acceptors (Lipinski definition) is 5. The van der Waals surface area contributed by atoms with E-state index in [0.717, 1.165) is 42.6 Å². The Balaban J connectivity index is 1.37. The van der Waals surface area contributed by atoms with Gasteiger partial charge < -0.3 is 15.0 Å². The summed E-state index contributed by atoms with van der Waals surface area (Å²) >= 11 is 0. The first-order valence-electron chi connectivity index (χ1n) is 12.5. The molecule has 2 aromatic rings. The standard InChI is InChI=1S/C29H29N3O3/c1-17-9-12-32(13-10-17)14-11-30-22-16-24-27(31-21-15-18(2)7-8-23(21)35-24)26-25(22)28(33)19-5-3-4-6-20(19)29(26)34/h3-8,15-17,24,30H,9-14H2,1-2H3/p+1. The van der Waals surface area contributed by atoms with E-state index in [9.17, 15) is 9.59 Å². The van der Waals surface area contributed by atoms with Gasteiger partial charge in [-0.1, -0.05) is 37.3 Å². The molecule has 2 N–H and O–H groups in total. The SMILES string of the molecule is Cc1ccc2c(c1)[NH+]=C1C3=C(C(=O)c4ccccc4C3=O)C(NCCN3CCC(C)CC3)=CC1O2. The van der Waals surface area contributed by atoms with Crippen LogP contribution in [0.1, 0.15) is 46.0 Å². The highest BCUT2D eigenvalue weighted by atomic mass is 16.5. The third-order valence-corrected chi connectivity index (χ3v) is 7.54. The van der Waals surface area contributed by atoms with E-state index < -0.39 is 6.10 Å². The van der Waals surface area contributed by atoms with Crippen molar-refractivity contribution < 1.29 is 19.3 Å². The van der Waals surface area contributed by atoms with Gasteiger partial charge in [-0.15, -0.1) is 0 Å². The van der Waals surface area contributed by atoms with E-state index in [1.54, 1.807) is 18.2 Å². The number of ether oxygens (including phenoxy) is 1. The largest absolute Gasteiger partial charge is 0.468 e. The number of piperidine rings is 1. The van der Waals surface area contributed by atoms with Crippen LogP contribution in [-0.2, 0) is 0 Å². The van der Waals surface area contributed by atoms with Gasteiger partial charge in [0.05, 0.1) is 5.57 Å². The molecular formula is C29H30N3O3+. The number of hydrogen-bond donors (Lipinski definition) is 2. The maximum Gasteiger partial charge on any atom is 0.246 e. The summed E-state index contributed by atoms with van der Waals surface area (Å²) in [6.07, 6.45) is 3.92. The topological polar surface area (TPSA) is 72.6 Å². The van der Waals surface area contributed by atoms with Crippen LogP contribution in [0.3, 0.4) is 0 Å². The third-order valence-electron chi connectivity index (χ3n) is 7.54. The second kappa shape index (κ2) is 8.61. The zero-order chi connectivity index (χ0) is 24.1. The Morgan fingerprint density at radius 1 is 1.03 bits per heavy atom.